The van der Waals surface area contributed by atoms with E-state index in [1.807, 2.05) is 19.1 Å². The van der Waals surface area contributed by atoms with Crippen molar-refractivity contribution in [1.82, 2.24) is 4.98 Å². The molecule has 2 N–H and O–H groups in total. The highest BCUT2D eigenvalue weighted by Crippen LogP contribution is 2.26. The molecular formula is C13H20N2O. The van der Waals surface area contributed by atoms with Crippen LogP contribution in [0.2, 0.25) is 0 Å². The maximum atomic E-state index is 5.72. The van der Waals surface area contributed by atoms with Gasteiger partial charge in [0.25, 0.3) is 0 Å². The van der Waals surface area contributed by atoms with Gasteiger partial charge < -0.3 is 10.5 Å². The summed E-state index contributed by atoms with van der Waals surface area (Å²) < 4.78 is 5.68. The second-order valence-corrected chi connectivity index (χ2v) is 4.77. The molecule has 0 bridgehead atoms. The molecule has 1 aromatic rings. The molecule has 88 valence electrons. The lowest BCUT2D eigenvalue weighted by atomic mass is 9.86. The summed E-state index contributed by atoms with van der Waals surface area (Å²) in [5.74, 6) is 1.64. The molecule has 16 heavy (non-hydrogen) atoms. The third kappa shape index (κ3) is 3.20. The molecule has 1 atom stereocenters. The molecule has 1 heterocycles. The van der Waals surface area contributed by atoms with E-state index in [9.17, 15) is 0 Å². The van der Waals surface area contributed by atoms with E-state index < -0.39 is 0 Å². The molecule has 0 saturated heterocycles. The molecule has 1 aliphatic carbocycles. The minimum absolute atomic E-state index is 0.161. The van der Waals surface area contributed by atoms with Crippen LogP contribution >= 0.6 is 0 Å². The Morgan fingerprint density at radius 2 is 2.31 bits per heavy atom. The van der Waals surface area contributed by atoms with Crippen LogP contribution < -0.4 is 10.5 Å². The first-order valence-corrected chi connectivity index (χ1v) is 6.07. The van der Waals surface area contributed by atoms with Crippen molar-refractivity contribution < 1.29 is 4.74 Å². The molecule has 0 amide bonds. The summed E-state index contributed by atoms with van der Waals surface area (Å²) >= 11 is 0. The Morgan fingerprint density at radius 3 is 2.81 bits per heavy atom. The van der Waals surface area contributed by atoms with Gasteiger partial charge in [0.1, 0.15) is 5.75 Å². The molecule has 0 aromatic carbocycles. The highest BCUT2D eigenvalue weighted by atomic mass is 16.5. The Balaban J connectivity index is 1.81. The molecule has 1 saturated carbocycles. The van der Waals surface area contributed by atoms with Gasteiger partial charge in [-0.1, -0.05) is 6.42 Å². The summed E-state index contributed by atoms with van der Waals surface area (Å²) in [6.07, 6.45) is 6.62. The van der Waals surface area contributed by atoms with E-state index in [4.69, 9.17) is 10.5 Å². The van der Waals surface area contributed by atoms with Crippen molar-refractivity contribution in [3.8, 4) is 5.75 Å². The first kappa shape index (κ1) is 11.4. The van der Waals surface area contributed by atoms with Gasteiger partial charge in [0.15, 0.2) is 0 Å². The topological polar surface area (TPSA) is 48.1 Å². The van der Waals surface area contributed by atoms with Gasteiger partial charge >= 0.3 is 0 Å². The number of pyridine rings is 1. The fraction of sp³-hybridized carbons (Fsp3) is 0.615. The van der Waals surface area contributed by atoms with Crippen molar-refractivity contribution >= 4 is 0 Å². The smallest absolute Gasteiger partial charge is 0.137 e. The predicted octanol–water partition coefficient (Wildman–Crippen LogP) is 2.15. The van der Waals surface area contributed by atoms with E-state index in [0.717, 1.165) is 30.4 Å². The molecule has 1 aromatic heterocycles. The molecule has 0 spiro atoms. The molecule has 2 rings (SSSR count). The van der Waals surface area contributed by atoms with Crippen molar-refractivity contribution in [3.63, 3.8) is 0 Å². The lowest BCUT2D eigenvalue weighted by molar-refractivity contribution is 0.180. The number of hydrogen-bond donors (Lipinski definition) is 1. The quantitative estimate of drug-likeness (QED) is 0.827. The summed E-state index contributed by atoms with van der Waals surface area (Å²) in [6, 6.07) is 4.15. The molecule has 1 unspecified atom stereocenters. The van der Waals surface area contributed by atoms with Crippen molar-refractivity contribution in [3.05, 3.63) is 24.0 Å². The van der Waals surface area contributed by atoms with Crippen LogP contribution in [-0.2, 0) is 6.42 Å². The van der Waals surface area contributed by atoms with Crippen LogP contribution in [0, 0.1) is 5.92 Å². The summed E-state index contributed by atoms with van der Waals surface area (Å²) in [7, 11) is 0. The minimum Gasteiger partial charge on any atom is -0.492 e. The molecule has 3 heteroatoms. The third-order valence-corrected chi connectivity index (χ3v) is 3.04. The fourth-order valence-electron chi connectivity index (χ4n) is 1.82. The normalized spacial score (nSPS) is 17.9. The number of hydrogen-bond acceptors (Lipinski definition) is 3. The number of nitrogens with two attached hydrogens (primary N) is 1. The fourth-order valence-corrected chi connectivity index (χ4v) is 1.82. The Labute approximate surface area is 97.0 Å². The summed E-state index contributed by atoms with van der Waals surface area (Å²) in [6.45, 7) is 2.83. The Hall–Kier alpha value is -1.09. The van der Waals surface area contributed by atoms with Gasteiger partial charge in [-0.05, 0) is 37.8 Å². The van der Waals surface area contributed by atoms with Crippen LogP contribution in [0.15, 0.2) is 18.3 Å². The van der Waals surface area contributed by atoms with Gasteiger partial charge in [0.05, 0.1) is 12.8 Å². The maximum absolute atomic E-state index is 5.72. The average Bonchev–Trinajstić information content (AvgIpc) is 2.17. The predicted molar refractivity (Wildman–Crippen MR) is 64.4 cm³/mol. The Kier molecular flexibility index (Phi) is 3.78. The van der Waals surface area contributed by atoms with Crippen molar-refractivity contribution in [2.45, 2.75) is 38.6 Å². The lowest BCUT2D eigenvalue weighted by Gasteiger charge is -2.25. The van der Waals surface area contributed by atoms with E-state index >= 15 is 0 Å². The monoisotopic (exact) mass is 220 g/mol. The SMILES string of the molecule is CC(N)Cc1ccc(OCC2CCC2)cn1. The van der Waals surface area contributed by atoms with E-state index in [-0.39, 0.29) is 6.04 Å². The molecule has 0 aliphatic heterocycles. The molecule has 3 nitrogen and oxygen atoms in total. The average molecular weight is 220 g/mol. The van der Waals surface area contributed by atoms with E-state index in [1.165, 1.54) is 19.3 Å². The van der Waals surface area contributed by atoms with Gasteiger partial charge in [-0.3, -0.25) is 4.98 Å². The zero-order valence-corrected chi connectivity index (χ0v) is 9.86. The first-order valence-electron chi connectivity index (χ1n) is 6.07. The third-order valence-electron chi connectivity index (χ3n) is 3.04. The van der Waals surface area contributed by atoms with Crippen LogP contribution in [0.4, 0.5) is 0 Å². The number of nitrogens with zero attached hydrogens (tertiary/aromatic N) is 1. The molecular weight excluding hydrogens is 200 g/mol. The maximum Gasteiger partial charge on any atom is 0.137 e. The number of ether oxygens (including phenoxy) is 1. The van der Waals surface area contributed by atoms with Gasteiger partial charge in [-0.25, -0.2) is 0 Å². The molecule has 1 fully saturated rings. The van der Waals surface area contributed by atoms with Crippen LogP contribution in [0.25, 0.3) is 0 Å². The summed E-state index contributed by atoms with van der Waals surface area (Å²) in [5.41, 5.74) is 6.75. The lowest BCUT2D eigenvalue weighted by Crippen LogP contribution is -2.19. The first-order chi connectivity index (χ1) is 7.74. The van der Waals surface area contributed by atoms with Crippen LogP contribution in [0.3, 0.4) is 0 Å². The zero-order valence-electron chi connectivity index (χ0n) is 9.86. The minimum atomic E-state index is 0.161. The second-order valence-electron chi connectivity index (χ2n) is 4.77. The van der Waals surface area contributed by atoms with Gasteiger partial charge in [0, 0.05) is 18.2 Å². The Morgan fingerprint density at radius 1 is 1.50 bits per heavy atom. The largest absolute Gasteiger partial charge is 0.492 e. The van der Waals surface area contributed by atoms with Crippen molar-refractivity contribution in [2.24, 2.45) is 11.7 Å². The van der Waals surface area contributed by atoms with E-state index in [2.05, 4.69) is 4.98 Å². The number of rotatable bonds is 5. The summed E-state index contributed by atoms with van der Waals surface area (Å²) in [4.78, 5) is 4.34. The van der Waals surface area contributed by atoms with E-state index in [1.54, 1.807) is 6.20 Å². The van der Waals surface area contributed by atoms with Crippen LogP contribution in [0.5, 0.6) is 5.75 Å². The standard InChI is InChI=1S/C13H20N2O/c1-10(14)7-12-5-6-13(8-15-12)16-9-11-3-2-4-11/h5-6,8,10-11H,2-4,7,9,14H2,1H3. The van der Waals surface area contributed by atoms with Crippen LogP contribution in [0.1, 0.15) is 31.9 Å². The molecule has 0 radical (unpaired) electrons. The van der Waals surface area contributed by atoms with Crippen molar-refractivity contribution in [1.29, 1.82) is 0 Å². The number of aromatic nitrogens is 1. The zero-order chi connectivity index (χ0) is 11.4. The van der Waals surface area contributed by atoms with Gasteiger partial charge in [-0.15, -0.1) is 0 Å². The highest BCUT2D eigenvalue weighted by molar-refractivity contribution is 5.20. The van der Waals surface area contributed by atoms with E-state index in [0.29, 0.717) is 0 Å². The van der Waals surface area contributed by atoms with Crippen LogP contribution in [-0.4, -0.2) is 17.6 Å². The Bertz CT molecular complexity index is 317. The van der Waals surface area contributed by atoms with Gasteiger partial charge in [0.2, 0.25) is 0 Å². The van der Waals surface area contributed by atoms with Crippen molar-refractivity contribution in [2.75, 3.05) is 6.61 Å². The highest BCUT2D eigenvalue weighted by Gasteiger charge is 2.17. The van der Waals surface area contributed by atoms with Gasteiger partial charge in [-0.2, -0.15) is 0 Å². The second kappa shape index (κ2) is 5.30. The molecule has 1 aliphatic rings. The summed E-state index contributed by atoms with van der Waals surface area (Å²) in [5, 5.41) is 0.